The van der Waals surface area contributed by atoms with E-state index in [1.54, 1.807) is 0 Å². The quantitative estimate of drug-likeness (QED) is 0.105. The molecule has 318 valence electrons. The Morgan fingerprint density at radius 3 is 1.21 bits per heavy atom. The molecular weight excluding hydrogens is 829 g/mol. The van der Waals surface area contributed by atoms with E-state index in [1.807, 2.05) is 11.3 Å². The van der Waals surface area contributed by atoms with Gasteiger partial charge >= 0.3 is 0 Å². The van der Waals surface area contributed by atoms with Crippen LogP contribution in [0, 0.1) is 13.8 Å². The summed E-state index contributed by atoms with van der Waals surface area (Å²) in [5.74, 6) is 0. The number of hydrogen-bond donors (Lipinski definition) is 0. The molecule has 1 aromatic heterocycles. The highest BCUT2D eigenvalue weighted by molar-refractivity contribution is 7.18. The summed E-state index contributed by atoms with van der Waals surface area (Å²) in [4.78, 5) is 7.50. The molecule has 0 saturated carbocycles. The Bertz CT molecular complexity index is 3760. The molecule has 0 aliphatic heterocycles. The fourth-order valence-corrected chi connectivity index (χ4v) is 10.7. The van der Waals surface area contributed by atoms with E-state index in [4.69, 9.17) is 0 Å². The predicted octanol–water partition coefficient (Wildman–Crippen LogP) is 18.9. The van der Waals surface area contributed by atoms with E-state index in [0.717, 1.165) is 55.8 Å². The average Bonchev–Trinajstić information content (AvgIpc) is 3.89. The van der Waals surface area contributed by atoms with Gasteiger partial charge in [-0.25, -0.2) is 0 Å². The first-order valence-electron chi connectivity index (χ1n) is 23.0. The van der Waals surface area contributed by atoms with Crippen molar-refractivity contribution in [3.8, 4) is 32.0 Å². The van der Waals surface area contributed by atoms with E-state index in [2.05, 4.69) is 266 Å². The number of anilines is 6. The molecule has 0 unspecified atom stereocenters. The summed E-state index contributed by atoms with van der Waals surface area (Å²) < 4.78 is 0. The maximum Gasteiger partial charge on any atom is 0.0620 e. The standard InChI is InChI=1S/C64H46N2S/c1-43-20-31-53(32-21-43)65(55-35-28-45-12-6-8-16-50(45)40-55)63-57-18-10-11-19-58(57)64(66(54-33-22-44(2)23-34-54)56-36-29-46-13-7-9-17-51(46)41-56)60-42-52(30-37-59(60)63)47-24-26-49(27-25-47)62-39-38-61(67-62)48-14-4-3-5-15-48/h3-42H,1-2H3. The molecule has 0 radical (unpaired) electrons. The zero-order chi connectivity index (χ0) is 44.8. The highest BCUT2D eigenvalue weighted by Gasteiger charge is 2.26. The maximum absolute atomic E-state index is 2.49. The molecule has 2 nitrogen and oxygen atoms in total. The van der Waals surface area contributed by atoms with Gasteiger partial charge in [-0.2, -0.15) is 0 Å². The molecule has 12 rings (SSSR count). The molecule has 0 atom stereocenters. The van der Waals surface area contributed by atoms with E-state index in [1.165, 1.54) is 64.5 Å². The van der Waals surface area contributed by atoms with Crippen LogP contribution in [0.5, 0.6) is 0 Å². The van der Waals surface area contributed by atoms with Gasteiger partial charge in [0.05, 0.1) is 11.4 Å². The van der Waals surface area contributed by atoms with Crippen LogP contribution >= 0.6 is 11.3 Å². The third kappa shape index (κ3) is 7.50. The topological polar surface area (TPSA) is 6.48 Å². The van der Waals surface area contributed by atoms with Gasteiger partial charge in [-0.15, -0.1) is 11.3 Å². The van der Waals surface area contributed by atoms with Gasteiger partial charge in [-0.05, 0) is 124 Å². The van der Waals surface area contributed by atoms with Crippen LogP contribution in [-0.2, 0) is 0 Å². The molecule has 0 N–H and O–H groups in total. The Labute approximate surface area is 395 Å². The van der Waals surface area contributed by atoms with Gasteiger partial charge in [0.2, 0.25) is 0 Å². The van der Waals surface area contributed by atoms with Crippen molar-refractivity contribution >= 4 is 88.6 Å². The summed E-state index contributed by atoms with van der Waals surface area (Å²) in [7, 11) is 0. The van der Waals surface area contributed by atoms with Gasteiger partial charge in [0.25, 0.3) is 0 Å². The second-order valence-electron chi connectivity index (χ2n) is 17.5. The minimum Gasteiger partial charge on any atom is -0.309 e. The van der Waals surface area contributed by atoms with Gasteiger partial charge in [0.15, 0.2) is 0 Å². The van der Waals surface area contributed by atoms with E-state index in [0.29, 0.717) is 0 Å². The molecule has 3 heteroatoms. The van der Waals surface area contributed by atoms with Crippen LogP contribution in [0.15, 0.2) is 243 Å². The van der Waals surface area contributed by atoms with Crippen molar-refractivity contribution in [2.24, 2.45) is 0 Å². The molecule has 67 heavy (non-hydrogen) atoms. The predicted molar refractivity (Wildman–Crippen MR) is 289 cm³/mol. The van der Waals surface area contributed by atoms with Crippen molar-refractivity contribution in [3.05, 3.63) is 254 Å². The average molecular weight is 875 g/mol. The number of hydrogen-bond acceptors (Lipinski definition) is 3. The second kappa shape index (κ2) is 17.0. The molecule has 0 bridgehead atoms. The normalized spacial score (nSPS) is 11.4. The highest BCUT2D eigenvalue weighted by atomic mass is 32.1. The lowest BCUT2D eigenvalue weighted by atomic mass is 9.92. The van der Waals surface area contributed by atoms with Crippen LogP contribution in [0.2, 0.25) is 0 Å². The van der Waals surface area contributed by atoms with Crippen molar-refractivity contribution < 1.29 is 0 Å². The van der Waals surface area contributed by atoms with Crippen LogP contribution in [0.25, 0.3) is 75.1 Å². The number of fused-ring (bicyclic) bond motifs is 4. The fraction of sp³-hybridized carbons (Fsp3) is 0.0312. The Morgan fingerprint density at radius 1 is 0.269 bits per heavy atom. The number of benzene rings is 11. The third-order valence-electron chi connectivity index (χ3n) is 13.1. The lowest BCUT2D eigenvalue weighted by molar-refractivity contribution is 1.29. The second-order valence-corrected chi connectivity index (χ2v) is 18.6. The van der Waals surface area contributed by atoms with E-state index in [-0.39, 0.29) is 0 Å². The minimum absolute atomic E-state index is 1.10. The first kappa shape index (κ1) is 40.3. The lowest BCUT2D eigenvalue weighted by Crippen LogP contribution is -2.14. The number of nitrogens with zero attached hydrogens (tertiary/aromatic N) is 2. The summed E-state index contributed by atoms with van der Waals surface area (Å²) in [5, 5.41) is 9.49. The van der Waals surface area contributed by atoms with Gasteiger partial charge < -0.3 is 9.80 Å². The molecule has 0 aliphatic carbocycles. The smallest absolute Gasteiger partial charge is 0.0620 e. The largest absolute Gasteiger partial charge is 0.309 e. The van der Waals surface area contributed by atoms with Crippen LogP contribution < -0.4 is 9.80 Å². The van der Waals surface area contributed by atoms with Crippen LogP contribution in [0.4, 0.5) is 34.1 Å². The molecule has 0 amide bonds. The zero-order valence-corrected chi connectivity index (χ0v) is 38.2. The molecular formula is C64H46N2S. The van der Waals surface area contributed by atoms with Crippen molar-refractivity contribution in [3.63, 3.8) is 0 Å². The molecule has 1 heterocycles. The summed E-state index contributed by atoms with van der Waals surface area (Å²) >= 11 is 1.84. The minimum atomic E-state index is 1.10. The Hall–Kier alpha value is -8.24. The molecule has 0 spiro atoms. The first-order chi connectivity index (χ1) is 33.0. The van der Waals surface area contributed by atoms with Gasteiger partial charge in [0, 0.05) is 54.0 Å². The molecule has 0 aliphatic rings. The Morgan fingerprint density at radius 2 is 0.672 bits per heavy atom. The van der Waals surface area contributed by atoms with Crippen molar-refractivity contribution in [2.75, 3.05) is 9.80 Å². The van der Waals surface area contributed by atoms with Crippen LogP contribution in [0.3, 0.4) is 0 Å². The summed E-state index contributed by atoms with van der Waals surface area (Å²) in [6, 6.07) is 89.4. The molecule has 0 fully saturated rings. The summed E-state index contributed by atoms with van der Waals surface area (Å²) in [5.41, 5.74) is 13.9. The third-order valence-corrected chi connectivity index (χ3v) is 14.3. The monoisotopic (exact) mass is 874 g/mol. The lowest BCUT2D eigenvalue weighted by Gasteiger charge is -2.33. The molecule has 11 aromatic carbocycles. The number of aryl methyl sites for hydroxylation is 2. The number of thiophene rings is 1. The van der Waals surface area contributed by atoms with Crippen molar-refractivity contribution in [1.29, 1.82) is 0 Å². The Balaban J connectivity index is 1.13. The van der Waals surface area contributed by atoms with Gasteiger partial charge in [0.1, 0.15) is 0 Å². The number of rotatable bonds is 9. The van der Waals surface area contributed by atoms with Gasteiger partial charge in [-0.1, -0.05) is 187 Å². The van der Waals surface area contributed by atoms with Crippen molar-refractivity contribution in [2.45, 2.75) is 13.8 Å². The molecule has 12 aromatic rings. The fourth-order valence-electron chi connectivity index (χ4n) is 9.71. The SMILES string of the molecule is Cc1ccc(N(c2ccc3ccccc3c2)c2c3ccccc3c(N(c3ccc(C)cc3)c3ccc4ccccc4c3)c3cc(-c4ccc(-c5ccc(-c6ccccc6)s5)cc4)ccc23)cc1. The van der Waals surface area contributed by atoms with Gasteiger partial charge in [-0.3, -0.25) is 0 Å². The highest BCUT2D eigenvalue weighted by Crippen LogP contribution is 2.52. The van der Waals surface area contributed by atoms with E-state index in [9.17, 15) is 0 Å². The first-order valence-corrected chi connectivity index (χ1v) is 23.8. The van der Waals surface area contributed by atoms with Crippen LogP contribution in [0.1, 0.15) is 11.1 Å². The Kier molecular flexibility index (Phi) is 10.2. The summed E-state index contributed by atoms with van der Waals surface area (Å²) in [6.45, 7) is 4.32. The summed E-state index contributed by atoms with van der Waals surface area (Å²) in [6.07, 6.45) is 0. The van der Waals surface area contributed by atoms with Crippen LogP contribution in [-0.4, -0.2) is 0 Å². The zero-order valence-electron chi connectivity index (χ0n) is 37.4. The molecule has 0 saturated heterocycles. The van der Waals surface area contributed by atoms with E-state index >= 15 is 0 Å². The van der Waals surface area contributed by atoms with Crippen molar-refractivity contribution in [1.82, 2.24) is 0 Å². The maximum atomic E-state index is 2.49. The van der Waals surface area contributed by atoms with E-state index < -0.39 is 0 Å².